The van der Waals surface area contributed by atoms with Crippen molar-refractivity contribution in [3.8, 4) is 5.75 Å². The fraction of sp³-hybridized carbons (Fsp3) is 0.300. The number of sulfonamides is 1. The smallest absolute Gasteiger partial charge is 0.243 e. The van der Waals surface area contributed by atoms with Crippen LogP contribution in [0.25, 0.3) is 10.9 Å². The zero-order valence-electron chi connectivity index (χ0n) is 16.0. The number of ether oxygens (including phenoxy) is 1. The van der Waals surface area contributed by atoms with Crippen molar-refractivity contribution in [1.29, 1.82) is 0 Å². The highest BCUT2D eigenvalue weighted by Gasteiger charge is 2.29. The summed E-state index contributed by atoms with van der Waals surface area (Å²) in [6, 6.07) is 10.8. The monoisotopic (exact) mass is 416 g/mol. The molecule has 2 heterocycles. The van der Waals surface area contributed by atoms with Gasteiger partial charge in [-0.15, -0.1) is 0 Å². The van der Waals surface area contributed by atoms with E-state index in [2.05, 4.69) is 9.97 Å². The molecule has 1 fully saturated rings. The molecule has 152 valence electrons. The number of hydrogen-bond donors (Lipinski definition) is 0. The summed E-state index contributed by atoms with van der Waals surface area (Å²) in [7, 11) is -3.59. The molecule has 0 atom stereocenters. The highest BCUT2D eigenvalue weighted by Crippen LogP contribution is 2.26. The van der Waals surface area contributed by atoms with Gasteiger partial charge in [-0.3, -0.25) is 0 Å². The summed E-state index contributed by atoms with van der Waals surface area (Å²) in [5, 5.41) is 0.621. The molecule has 7 nitrogen and oxygen atoms in total. The van der Waals surface area contributed by atoms with Gasteiger partial charge in [-0.05, 0) is 49.4 Å². The van der Waals surface area contributed by atoms with Crippen molar-refractivity contribution in [2.24, 2.45) is 0 Å². The van der Waals surface area contributed by atoms with E-state index in [4.69, 9.17) is 4.74 Å². The number of anilines is 1. The first kappa shape index (κ1) is 19.5. The summed E-state index contributed by atoms with van der Waals surface area (Å²) >= 11 is 0. The molecule has 0 saturated carbocycles. The normalized spacial score (nSPS) is 15.6. The summed E-state index contributed by atoms with van der Waals surface area (Å²) in [6.07, 6.45) is 1.44. The van der Waals surface area contributed by atoms with Crippen LogP contribution in [0.4, 0.5) is 10.2 Å². The first-order valence-electron chi connectivity index (χ1n) is 9.37. The van der Waals surface area contributed by atoms with Crippen molar-refractivity contribution < 1.29 is 17.5 Å². The standard InChI is InChI=1S/C20H21FN4O3S/c1-2-28-16-4-6-17(7-5-16)29(26,27)25-11-9-24(10-12-25)20-18-13-15(21)3-8-19(18)22-14-23-20/h3-8,13-14H,2,9-12H2,1H3. The molecular weight excluding hydrogens is 395 g/mol. The molecule has 1 aromatic heterocycles. The lowest BCUT2D eigenvalue weighted by Gasteiger charge is -2.35. The van der Waals surface area contributed by atoms with Gasteiger partial charge in [-0.25, -0.2) is 22.8 Å². The summed E-state index contributed by atoms with van der Waals surface area (Å²) in [4.78, 5) is 10.7. The third-order valence-electron chi connectivity index (χ3n) is 4.89. The Bertz CT molecular complexity index is 1110. The fourth-order valence-corrected chi connectivity index (χ4v) is 4.85. The van der Waals surface area contributed by atoms with Gasteiger partial charge >= 0.3 is 0 Å². The van der Waals surface area contributed by atoms with Gasteiger partial charge < -0.3 is 9.64 Å². The lowest BCUT2D eigenvalue weighted by atomic mass is 10.2. The predicted molar refractivity (Wildman–Crippen MR) is 108 cm³/mol. The summed E-state index contributed by atoms with van der Waals surface area (Å²) in [5.41, 5.74) is 0.654. The maximum Gasteiger partial charge on any atom is 0.243 e. The van der Waals surface area contributed by atoms with Crippen molar-refractivity contribution in [3.05, 3.63) is 54.6 Å². The van der Waals surface area contributed by atoms with Crippen LogP contribution in [0.1, 0.15) is 6.92 Å². The molecule has 3 aromatic rings. The largest absolute Gasteiger partial charge is 0.494 e. The number of rotatable bonds is 5. The fourth-order valence-electron chi connectivity index (χ4n) is 3.43. The maximum absolute atomic E-state index is 13.7. The van der Waals surface area contributed by atoms with Crippen molar-refractivity contribution in [1.82, 2.24) is 14.3 Å². The molecule has 1 aliphatic heterocycles. The van der Waals surface area contributed by atoms with Crippen molar-refractivity contribution in [2.45, 2.75) is 11.8 Å². The van der Waals surface area contributed by atoms with E-state index >= 15 is 0 Å². The molecule has 1 aliphatic rings. The van der Waals surface area contributed by atoms with Gasteiger partial charge in [0.15, 0.2) is 0 Å². The van der Waals surface area contributed by atoms with Crippen LogP contribution in [0.15, 0.2) is 53.7 Å². The molecule has 0 bridgehead atoms. The van der Waals surface area contributed by atoms with Gasteiger partial charge in [0.05, 0.1) is 17.0 Å². The maximum atomic E-state index is 13.7. The van der Waals surface area contributed by atoms with E-state index in [1.165, 1.54) is 22.8 Å². The Morgan fingerprint density at radius 2 is 1.76 bits per heavy atom. The van der Waals surface area contributed by atoms with Crippen molar-refractivity contribution >= 4 is 26.7 Å². The van der Waals surface area contributed by atoms with E-state index in [0.717, 1.165) is 0 Å². The Kier molecular flexibility index (Phi) is 5.33. The molecule has 0 aliphatic carbocycles. The lowest BCUT2D eigenvalue weighted by molar-refractivity contribution is 0.340. The first-order valence-corrected chi connectivity index (χ1v) is 10.8. The van der Waals surface area contributed by atoms with E-state index in [9.17, 15) is 12.8 Å². The number of benzene rings is 2. The minimum absolute atomic E-state index is 0.240. The molecule has 0 N–H and O–H groups in total. The average molecular weight is 416 g/mol. The molecule has 0 amide bonds. The zero-order chi connectivity index (χ0) is 20.4. The van der Waals surface area contributed by atoms with Crippen LogP contribution in [0.3, 0.4) is 0 Å². The molecule has 0 unspecified atom stereocenters. The zero-order valence-corrected chi connectivity index (χ0v) is 16.8. The van der Waals surface area contributed by atoms with Crippen LogP contribution in [0.2, 0.25) is 0 Å². The summed E-state index contributed by atoms with van der Waals surface area (Å²) in [6.45, 7) is 3.94. The van der Waals surface area contributed by atoms with Crippen LogP contribution in [0.5, 0.6) is 5.75 Å². The number of hydrogen-bond acceptors (Lipinski definition) is 6. The van der Waals surface area contributed by atoms with Crippen LogP contribution in [-0.2, 0) is 10.0 Å². The van der Waals surface area contributed by atoms with Crippen LogP contribution < -0.4 is 9.64 Å². The second-order valence-corrected chi connectivity index (χ2v) is 8.59. The third kappa shape index (κ3) is 3.88. The predicted octanol–water partition coefficient (Wildman–Crippen LogP) is 2.68. The second kappa shape index (κ2) is 7.92. The van der Waals surface area contributed by atoms with Gasteiger partial charge in [0.2, 0.25) is 10.0 Å². The van der Waals surface area contributed by atoms with E-state index in [0.29, 0.717) is 55.3 Å². The number of aromatic nitrogens is 2. The Balaban J connectivity index is 1.51. The third-order valence-corrected chi connectivity index (χ3v) is 6.80. The number of halogens is 1. The number of fused-ring (bicyclic) bond motifs is 1. The molecule has 9 heteroatoms. The lowest BCUT2D eigenvalue weighted by Crippen LogP contribution is -2.49. The first-order chi connectivity index (χ1) is 14.0. The van der Waals surface area contributed by atoms with Crippen LogP contribution >= 0.6 is 0 Å². The second-order valence-electron chi connectivity index (χ2n) is 6.65. The van der Waals surface area contributed by atoms with Gasteiger partial charge in [-0.1, -0.05) is 0 Å². The van der Waals surface area contributed by atoms with Gasteiger partial charge in [-0.2, -0.15) is 4.31 Å². The molecule has 0 radical (unpaired) electrons. The molecule has 0 spiro atoms. The highest BCUT2D eigenvalue weighted by atomic mass is 32.2. The average Bonchev–Trinajstić information content (AvgIpc) is 2.74. The number of piperazine rings is 1. The Labute approximate surface area is 168 Å². The van der Waals surface area contributed by atoms with E-state index in [-0.39, 0.29) is 10.7 Å². The Hall–Kier alpha value is -2.78. The van der Waals surface area contributed by atoms with Crippen molar-refractivity contribution in [3.63, 3.8) is 0 Å². The van der Waals surface area contributed by atoms with Gasteiger partial charge in [0, 0.05) is 31.6 Å². The Morgan fingerprint density at radius 1 is 1.03 bits per heavy atom. The molecule has 4 rings (SSSR count). The summed E-state index contributed by atoms with van der Waals surface area (Å²) < 4.78 is 46.4. The topological polar surface area (TPSA) is 75.6 Å². The quantitative estimate of drug-likeness (QED) is 0.637. The van der Waals surface area contributed by atoms with Crippen LogP contribution in [0, 0.1) is 5.82 Å². The SMILES string of the molecule is CCOc1ccc(S(=O)(=O)N2CCN(c3ncnc4ccc(F)cc34)CC2)cc1. The minimum atomic E-state index is -3.59. The van der Waals surface area contributed by atoms with Gasteiger partial charge in [0.25, 0.3) is 0 Å². The molecule has 2 aromatic carbocycles. The highest BCUT2D eigenvalue weighted by molar-refractivity contribution is 7.89. The molecule has 29 heavy (non-hydrogen) atoms. The van der Waals surface area contributed by atoms with Crippen molar-refractivity contribution in [2.75, 3.05) is 37.7 Å². The van der Waals surface area contributed by atoms with Gasteiger partial charge in [0.1, 0.15) is 23.7 Å². The molecular formula is C20H21FN4O3S. The van der Waals surface area contributed by atoms with E-state index in [1.807, 2.05) is 11.8 Å². The Morgan fingerprint density at radius 3 is 2.45 bits per heavy atom. The summed E-state index contributed by atoms with van der Waals surface area (Å²) in [5.74, 6) is 0.900. The van der Waals surface area contributed by atoms with Crippen LogP contribution in [-0.4, -0.2) is 55.5 Å². The molecule has 1 saturated heterocycles. The van der Waals surface area contributed by atoms with E-state index in [1.54, 1.807) is 30.3 Å². The van der Waals surface area contributed by atoms with E-state index < -0.39 is 10.0 Å². The minimum Gasteiger partial charge on any atom is -0.494 e. The number of nitrogens with zero attached hydrogens (tertiary/aromatic N) is 4.